The van der Waals surface area contributed by atoms with Crippen LogP contribution in [0.15, 0.2) is 46.9 Å². The second-order valence-corrected chi connectivity index (χ2v) is 8.22. The molecule has 1 aliphatic carbocycles. The summed E-state index contributed by atoms with van der Waals surface area (Å²) in [5, 5.41) is 14.4. The van der Waals surface area contributed by atoms with Gasteiger partial charge >= 0.3 is 0 Å². The van der Waals surface area contributed by atoms with Crippen LogP contribution < -0.4 is 10.1 Å². The Morgan fingerprint density at radius 1 is 1.30 bits per heavy atom. The van der Waals surface area contributed by atoms with E-state index in [-0.39, 0.29) is 5.91 Å². The number of hydrogen-bond donors (Lipinski definition) is 1. The average molecular weight is 401 g/mol. The van der Waals surface area contributed by atoms with Crippen molar-refractivity contribution in [3.63, 3.8) is 0 Å². The largest absolute Gasteiger partial charge is 0.495 e. The molecule has 2 aromatic heterocycles. The standard InChI is InChI=1S/C19H20N4O2S2/c1-25-15-6-3-2-5-14(15)23-18(16-7-4-10-26-16)21-22-19(23)27-12-17(24)20-11-13-8-9-13/h2-7,10,13H,8-9,11-12H2,1H3,(H,20,24). The number of nitrogens with one attached hydrogen (secondary N) is 1. The van der Waals surface area contributed by atoms with Gasteiger partial charge in [-0.3, -0.25) is 9.36 Å². The van der Waals surface area contributed by atoms with Crippen LogP contribution in [0.3, 0.4) is 0 Å². The maximum atomic E-state index is 12.1. The number of aromatic nitrogens is 3. The minimum absolute atomic E-state index is 0.0270. The molecule has 27 heavy (non-hydrogen) atoms. The number of carbonyl (C=O) groups is 1. The first-order valence-electron chi connectivity index (χ1n) is 8.78. The van der Waals surface area contributed by atoms with E-state index in [1.54, 1.807) is 18.4 Å². The number of methoxy groups -OCH3 is 1. The van der Waals surface area contributed by atoms with Crippen molar-refractivity contribution in [1.82, 2.24) is 20.1 Å². The average Bonchev–Trinajstić information content (AvgIpc) is 3.19. The molecule has 0 aliphatic heterocycles. The Bertz CT molecular complexity index is 920. The second kappa shape index (κ2) is 8.14. The molecule has 1 amide bonds. The first-order chi connectivity index (χ1) is 13.3. The summed E-state index contributed by atoms with van der Waals surface area (Å²) < 4.78 is 7.49. The molecule has 6 nitrogen and oxygen atoms in total. The molecule has 1 N–H and O–H groups in total. The highest BCUT2D eigenvalue weighted by atomic mass is 32.2. The lowest BCUT2D eigenvalue weighted by Gasteiger charge is -2.13. The second-order valence-electron chi connectivity index (χ2n) is 6.33. The fourth-order valence-electron chi connectivity index (χ4n) is 2.72. The van der Waals surface area contributed by atoms with Crippen molar-refractivity contribution in [2.75, 3.05) is 19.4 Å². The van der Waals surface area contributed by atoms with Gasteiger partial charge in [0.2, 0.25) is 5.91 Å². The smallest absolute Gasteiger partial charge is 0.230 e. The topological polar surface area (TPSA) is 69.0 Å². The SMILES string of the molecule is COc1ccccc1-n1c(SCC(=O)NCC2CC2)nnc1-c1cccs1. The predicted octanol–water partition coefficient (Wildman–Crippen LogP) is 3.62. The fourth-order valence-corrected chi connectivity index (χ4v) is 4.19. The normalized spacial score (nSPS) is 13.5. The first kappa shape index (κ1) is 18.1. The van der Waals surface area contributed by atoms with Crippen LogP contribution in [0.2, 0.25) is 0 Å². The third-order valence-electron chi connectivity index (χ3n) is 4.32. The zero-order chi connectivity index (χ0) is 18.6. The highest BCUT2D eigenvalue weighted by Gasteiger charge is 2.23. The molecular formula is C19H20N4O2S2. The zero-order valence-corrected chi connectivity index (χ0v) is 16.6. The van der Waals surface area contributed by atoms with E-state index in [1.165, 1.54) is 24.6 Å². The van der Waals surface area contributed by atoms with Crippen molar-refractivity contribution in [1.29, 1.82) is 0 Å². The molecule has 1 aliphatic rings. The number of ether oxygens (including phenoxy) is 1. The maximum absolute atomic E-state index is 12.1. The molecule has 2 heterocycles. The van der Waals surface area contributed by atoms with Crippen molar-refractivity contribution in [2.45, 2.75) is 18.0 Å². The lowest BCUT2D eigenvalue weighted by atomic mass is 10.3. The number of amides is 1. The summed E-state index contributed by atoms with van der Waals surface area (Å²) in [6, 6.07) is 11.8. The van der Waals surface area contributed by atoms with Crippen LogP contribution >= 0.6 is 23.1 Å². The summed E-state index contributed by atoms with van der Waals surface area (Å²) in [5.41, 5.74) is 0.856. The van der Waals surface area contributed by atoms with Crippen LogP contribution in [-0.2, 0) is 4.79 Å². The Kier molecular flexibility index (Phi) is 5.45. The molecular weight excluding hydrogens is 380 g/mol. The van der Waals surface area contributed by atoms with Gasteiger partial charge in [-0.1, -0.05) is 30.0 Å². The summed E-state index contributed by atoms with van der Waals surface area (Å²) in [4.78, 5) is 13.2. The van der Waals surface area contributed by atoms with E-state index in [0.717, 1.165) is 28.7 Å². The predicted molar refractivity (Wildman–Crippen MR) is 108 cm³/mol. The van der Waals surface area contributed by atoms with Crippen LogP contribution in [-0.4, -0.2) is 40.1 Å². The molecule has 8 heteroatoms. The lowest BCUT2D eigenvalue weighted by molar-refractivity contribution is -0.118. The molecule has 0 atom stereocenters. The summed E-state index contributed by atoms with van der Waals surface area (Å²) in [6.07, 6.45) is 2.44. The summed E-state index contributed by atoms with van der Waals surface area (Å²) in [6.45, 7) is 0.777. The zero-order valence-electron chi connectivity index (χ0n) is 14.9. The van der Waals surface area contributed by atoms with Crippen molar-refractivity contribution in [3.8, 4) is 22.1 Å². The van der Waals surface area contributed by atoms with Crippen LogP contribution in [0.5, 0.6) is 5.75 Å². The fraction of sp³-hybridized carbons (Fsp3) is 0.316. The number of rotatable bonds is 8. The van der Waals surface area contributed by atoms with Gasteiger partial charge in [0.15, 0.2) is 11.0 Å². The number of thiophene rings is 1. The van der Waals surface area contributed by atoms with E-state index < -0.39 is 0 Å². The Hall–Kier alpha value is -2.32. The molecule has 0 bridgehead atoms. The van der Waals surface area contributed by atoms with Gasteiger partial charge in [-0.2, -0.15) is 0 Å². The molecule has 0 saturated heterocycles. The van der Waals surface area contributed by atoms with Gasteiger partial charge in [0, 0.05) is 6.54 Å². The molecule has 1 saturated carbocycles. The van der Waals surface area contributed by atoms with Gasteiger partial charge in [-0.25, -0.2) is 0 Å². The Labute approximate surface area is 166 Å². The van der Waals surface area contributed by atoms with Gasteiger partial charge in [-0.15, -0.1) is 21.5 Å². The van der Waals surface area contributed by atoms with Crippen molar-refractivity contribution in [3.05, 3.63) is 41.8 Å². The summed E-state index contributed by atoms with van der Waals surface area (Å²) in [7, 11) is 1.64. The molecule has 4 rings (SSSR count). The molecule has 0 spiro atoms. The highest BCUT2D eigenvalue weighted by molar-refractivity contribution is 7.99. The molecule has 0 unspecified atom stereocenters. The van der Waals surface area contributed by atoms with Gasteiger partial charge < -0.3 is 10.1 Å². The van der Waals surface area contributed by atoms with Crippen LogP contribution in [0, 0.1) is 5.92 Å². The first-order valence-corrected chi connectivity index (χ1v) is 10.6. The molecule has 1 fully saturated rings. The maximum Gasteiger partial charge on any atom is 0.230 e. The summed E-state index contributed by atoms with van der Waals surface area (Å²) >= 11 is 2.99. The number of carbonyl (C=O) groups excluding carboxylic acids is 1. The summed E-state index contributed by atoms with van der Waals surface area (Å²) in [5.74, 6) is 2.48. The Morgan fingerprint density at radius 3 is 2.89 bits per heavy atom. The minimum atomic E-state index is 0.0270. The highest BCUT2D eigenvalue weighted by Crippen LogP contribution is 2.34. The van der Waals surface area contributed by atoms with E-state index in [2.05, 4.69) is 15.5 Å². The Balaban J connectivity index is 1.62. The quantitative estimate of drug-likeness (QED) is 0.585. The van der Waals surface area contributed by atoms with E-state index in [1.807, 2.05) is 46.3 Å². The molecule has 3 aromatic rings. The van der Waals surface area contributed by atoms with Crippen LogP contribution in [0.1, 0.15) is 12.8 Å². The van der Waals surface area contributed by atoms with Crippen LogP contribution in [0.25, 0.3) is 16.4 Å². The number of para-hydroxylation sites is 2. The van der Waals surface area contributed by atoms with Gasteiger partial charge in [0.05, 0.1) is 23.4 Å². The van der Waals surface area contributed by atoms with Gasteiger partial charge in [0.1, 0.15) is 5.75 Å². The number of thioether (sulfide) groups is 1. The number of nitrogens with zero attached hydrogens (tertiary/aromatic N) is 3. The lowest BCUT2D eigenvalue weighted by Crippen LogP contribution is -2.27. The third-order valence-corrected chi connectivity index (χ3v) is 6.11. The van der Waals surface area contributed by atoms with E-state index in [4.69, 9.17) is 4.74 Å². The third kappa shape index (κ3) is 4.17. The minimum Gasteiger partial charge on any atom is -0.495 e. The molecule has 1 aromatic carbocycles. The Morgan fingerprint density at radius 2 is 2.15 bits per heavy atom. The van der Waals surface area contributed by atoms with E-state index in [0.29, 0.717) is 16.8 Å². The molecule has 140 valence electrons. The number of hydrogen-bond acceptors (Lipinski definition) is 6. The van der Waals surface area contributed by atoms with Gasteiger partial charge in [0.25, 0.3) is 0 Å². The van der Waals surface area contributed by atoms with Gasteiger partial charge in [-0.05, 0) is 42.3 Å². The molecule has 0 radical (unpaired) electrons. The van der Waals surface area contributed by atoms with Crippen molar-refractivity contribution in [2.24, 2.45) is 5.92 Å². The monoisotopic (exact) mass is 400 g/mol. The van der Waals surface area contributed by atoms with E-state index in [9.17, 15) is 4.79 Å². The van der Waals surface area contributed by atoms with Crippen molar-refractivity contribution < 1.29 is 9.53 Å². The van der Waals surface area contributed by atoms with Crippen molar-refractivity contribution >= 4 is 29.0 Å². The number of benzene rings is 1. The van der Waals surface area contributed by atoms with Crippen LogP contribution in [0.4, 0.5) is 0 Å². The van der Waals surface area contributed by atoms with E-state index >= 15 is 0 Å².